The average Bonchev–Trinajstić information content (AvgIpc) is 2.93. The van der Waals surface area contributed by atoms with Gasteiger partial charge in [-0.3, -0.25) is 4.79 Å². The van der Waals surface area contributed by atoms with Crippen molar-refractivity contribution in [2.75, 3.05) is 0 Å². The van der Waals surface area contributed by atoms with Crippen LogP contribution in [0.3, 0.4) is 0 Å². The Bertz CT molecular complexity index is 743. The number of carbonyl (C=O) groups excluding carboxylic acids is 1. The molecular formula is C24H33ClO2. The van der Waals surface area contributed by atoms with Crippen molar-refractivity contribution in [2.24, 2.45) is 28.1 Å². The van der Waals surface area contributed by atoms with E-state index in [1.165, 1.54) is 38.5 Å². The molecule has 27 heavy (non-hydrogen) atoms. The van der Waals surface area contributed by atoms with Gasteiger partial charge < -0.3 is 4.74 Å². The summed E-state index contributed by atoms with van der Waals surface area (Å²) in [6.45, 7) is 8.86. The highest BCUT2D eigenvalue weighted by Gasteiger charge is 2.59. The van der Waals surface area contributed by atoms with E-state index in [-0.39, 0.29) is 22.9 Å². The summed E-state index contributed by atoms with van der Waals surface area (Å²) >= 11 is 5.80. The smallest absolute Gasteiger partial charge is 0.302 e. The minimum atomic E-state index is -0.126. The monoisotopic (exact) mass is 388 g/mol. The summed E-state index contributed by atoms with van der Waals surface area (Å²) in [5.74, 6) is 4.69. The standard InChI is InChI=1S/C24H33ClO2/c1-16(26)27-17-7-12-24(4)21-6-5-20-18(8-10-22(20,2)13-14-25)19(21)9-11-23(24,3)15-17/h17,19,21H,5-12,15H2,1-4H3/t17-,19+,21-,22+,23+,24-/m1/s1. The molecule has 0 aliphatic heterocycles. The number of ether oxygens (including phenoxy) is 1. The fourth-order valence-corrected chi connectivity index (χ4v) is 7.65. The van der Waals surface area contributed by atoms with Crippen LogP contribution in [0.1, 0.15) is 85.5 Å². The summed E-state index contributed by atoms with van der Waals surface area (Å²) in [6, 6.07) is 0. The van der Waals surface area contributed by atoms with E-state index in [0.717, 1.165) is 31.1 Å². The highest BCUT2D eigenvalue weighted by Crippen LogP contribution is 2.68. The molecule has 0 N–H and O–H groups in total. The van der Waals surface area contributed by atoms with E-state index in [1.54, 1.807) is 18.1 Å². The molecule has 0 aromatic rings. The van der Waals surface area contributed by atoms with Crippen LogP contribution in [0.4, 0.5) is 0 Å². The van der Waals surface area contributed by atoms with Crippen LogP contribution >= 0.6 is 11.6 Å². The molecule has 2 saturated carbocycles. The van der Waals surface area contributed by atoms with E-state index in [2.05, 4.69) is 32.1 Å². The lowest BCUT2D eigenvalue weighted by Crippen LogP contribution is -2.55. The first kappa shape index (κ1) is 19.4. The third kappa shape index (κ3) is 2.88. The van der Waals surface area contributed by atoms with Crippen molar-refractivity contribution >= 4 is 17.6 Å². The van der Waals surface area contributed by atoms with Crippen molar-refractivity contribution in [1.29, 1.82) is 0 Å². The Morgan fingerprint density at radius 1 is 1.11 bits per heavy atom. The quantitative estimate of drug-likeness (QED) is 0.302. The van der Waals surface area contributed by atoms with Crippen LogP contribution in [0, 0.1) is 39.4 Å². The first-order chi connectivity index (χ1) is 12.7. The van der Waals surface area contributed by atoms with Gasteiger partial charge in [-0.1, -0.05) is 30.9 Å². The van der Waals surface area contributed by atoms with Gasteiger partial charge in [0.25, 0.3) is 0 Å². The number of halogens is 1. The molecule has 6 atom stereocenters. The van der Waals surface area contributed by atoms with Crippen molar-refractivity contribution in [3.8, 4) is 11.3 Å². The summed E-state index contributed by atoms with van der Waals surface area (Å²) in [5.41, 5.74) is 4.00. The summed E-state index contributed by atoms with van der Waals surface area (Å²) in [5, 5.41) is 2.68. The van der Waals surface area contributed by atoms with Crippen molar-refractivity contribution in [3.63, 3.8) is 0 Å². The molecule has 4 aliphatic rings. The molecule has 0 heterocycles. The van der Waals surface area contributed by atoms with Crippen LogP contribution < -0.4 is 0 Å². The number of esters is 1. The minimum Gasteiger partial charge on any atom is -0.463 e. The number of hydrogen-bond acceptors (Lipinski definition) is 2. The van der Waals surface area contributed by atoms with Gasteiger partial charge in [0, 0.05) is 12.3 Å². The molecule has 0 bridgehead atoms. The van der Waals surface area contributed by atoms with Crippen LogP contribution in [0.15, 0.2) is 11.1 Å². The first-order valence-electron chi connectivity index (χ1n) is 10.7. The zero-order chi connectivity index (χ0) is 19.4. The largest absolute Gasteiger partial charge is 0.463 e. The van der Waals surface area contributed by atoms with Crippen LogP contribution in [-0.4, -0.2) is 12.1 Å². The SMILES string of the molecule is CC(=O)O[C@@H]1CC[C@]2(C)[C@@H]3CCC4=C(CC[C@@]4(C)C#CCl)[C@@H]3CC[C@@]2(C)C1. The van der Waals surface area contributed by atoms with E-state index in [0.29, 0.717) is 5.41 Å². The van der Waals surface area contributed by atoms with Gasteiger partial charge in [-0.2, -0.15) is 0 Å². The van der Waals surface area contributed by atoms with Crippen LogP contribution in [0.25, 0.3) is 0 Å². The van der Waals surface area contributed by atoms with Crippen molar-refractivity contribution in [3.05, 3.63) is 11.1 Å². The molecule has 148 valence electrons. The lowest BCUT2D eigenvalue weighted by molar-refractivity contribution is -0.165. The molecule has 0 spiro atoms. The second-order valence-electron chi connectivity index (χ2n) is 10.3. The Morgan fingerprint density at radius 2 is 1.89 bits per heavy atom. The fourth-order valence-electron chi connectivity index (χ4n) is 7.44. The lowest BCUT2D eigenvalue weighted by Gasteiger charge is -2.62. The molecule has 0 saturated heterocycles. The van der Waals surface area contributed by atoms with Crippen LogP contribution in [-0.2, 0) is 9.53 Å². The summed E-state index contributed by atoms with van der Waals surface area (Å²) in [4.78, 5) is 11.5. The normalized spacial score (nSPS) is 45.9. The summed E-state index contributed by atoms with van der Waals surface area (Å²) < 4.78 is 5.63. The predicted octanol–water partition coefficient (Wildman–Crippen LogP) is 6.23. The Hall–Kier alpha value is -0.940. The maximum Gasteiger partial charge on any atom is 0.302 e. The van der Waals surface area contributed by atoms with Gasteiger partial charge in [0.05, 0.1) is 5.41 Å². The molecule has 2 nitrogen and oxygen atoms in total. The maximum atomic E-state index is 11.5. The fraction of sp³-hybridized carbons (Fsp3) is 0.792. The Balaban J connectivity index is 1.62. The van der Waals surface area contributed by atoms with Gasteiger partial charge in [-0.05, 0) is 99.0 Å². The maximum absolute atomic E-state index is 11.5. The molecule has 0 amide bonds. The van der Waals surface area contributed by atoms with Gasteiger partial charge in [0.15, 0.2) is 0 Å². The molecule has 0 aromatic heterocycles. The molecular weight excluding hydrogens is 356 g/mol. The Kier molecular flexibility index (Phi) is 4.70. The predicted molar refractivity (Wildman–Crippen MR) is 109 cm³/mol. The third-order valence-corrected chi connectivity index (χ3v) is 9.21. The number of fused-ring (bicyclic) bond motifs is 4. The van der Waals surface area contributed by atoms with Gasteiger partial charge in [0.2, 0.25) is 0 Å². The van der Waals surface area contributed by atoms with Crippen LogP contribution in [0.5, 0.6) is 0 Å². The van der Waals surface area contributed by atoms with Gasteiger partial charge >= 0.3 is 5.97 Å². The van der Waals surface area contributed by atoms with Gasteiger partial charge in [-0.25, -0.2) is 0 Å². The second-order valence-corrected chi connectivity index (χ2v) is 10.5. The molecule has 2 fully saturated rings. The molecule has 4 rings (SSSR count). The highest BCUT2D eigenvalue weighted by atomic mass is 35.5. The molecule has 0 unspecified atom stereocenters. The average molecular weight is 389 g/mol. The summed E-state index contributed by atoms with van der Waals surface area (Å²) in [7, 11) is 0. The lowest BCUT2D eigenvalue weighted by atomic mass is 9.43. The zero-order valence-corrected chi connectivity index (χ0v) is 18.0. The van der Waals surface area contributed by atoms with Gasteiger partial charge in [0.1, 0.15) is 6.10 Å². The van der Waals surface area contributed by atoms with Crippen LogP contribution in [0.2, 0.25) is 0 Å². The second kappa shape index (κ2) is 6.55. The molecule has 0 aromatic carbocycles. The third-order valence-electron chi connectivity index (χ3n) is 9.11. The molecule has 0 radical (unpaired) electrons. The van der Waals surface area contributed by atoms with Crippen molar-refractivity contribution < 1.29 is 9.53 Å². The first-order valence-corrected chi connectivity index (χ1v) is 11.1. The van der Waals surface area contributed by atoms with E-state index in [1.807, 2.05) is 0 Å². The van der Waals surface area contributed by atoms with E-state index >= 15 is 0 Å². The topological polar surface area (TPSA) is 26.3 Å². The minimum absolute atomic E-state index is 0.0106. The number of allylic oxidation sites excluding steroid dienone is 2. The molecule has 4 aliphatic carbocycles. The Labute approximate surface area is 169 Å². The van der Waals surface area contributed by atoms with E-state index < -0.39 is 0 Å². The Morgan fingerprint density at radius 3 is 2.59 bits per heavy atom. The number of rotatable bonds is 1. The number of carbonyl (C=O) groups is 1. The number of hydrogen-bond donors (Lipinski definition) is 0. The van der Waals surface area contributed by atoms with E-state index in [4.69, 9.17) is 16.3 Å². The molecule has 3 heteroatoms. The van der Waals surface area contributed by atoms with E-state index in [9.17, 15) is 4.79 Å². The summed E-state index contributed by atoms with van der Waals surface area (Å²) in [6.07, 6.45) is 10.7. The highest BCUT2D eigenvalue weighted by molar-refractivity contribution is 6.30. The van der Waals surface area contributed by atoms with Crippen molar-refractivity contribution in [1.82, 2.24) is 0 Å². The van der Waals surface area contributed by atoms with Crippen molar-refractivity contribution in [2.45, 2.75) is 91.6 Å². The van der Waals surface area contributed by atoms with Gasteiger partial charge in [-0.15, -0.1) is 0 Å². The zero-order valence-electron chi connectivity index (χ0n) is 17.3.